The molecule has 0 fully saturated rings. The Morgan fingerprint density at radius 3 is 2.75 bits per heavy atom. The van der Waals surface area contributed by atoms with E-state index in [1.165, 1.54) is 0 Å². The molecule has 0 aliphatic rings. The van der Waals surface area contributed by atoms with Crippen LogP contribution in [0.5, 0.6) is 5.75 Å². The second-order valence-electron chi connectivity index (χ2n) is 4.64. The van der Waals surface area contributed by atoms with Crippen LogP contribution in [0.4, 0.5) is 0 Å². The van der Waals surface area contributed by atoms with Gasteiger partial charge in [0.2, 0.25) is 0 Å². The molecule has 0 unspecified atom stereocenters. The van der Waals surface area contributed by atoms with Crippen LogP contribution in [0.25, 0.3) is 10.8 Å². The summed E-state index contributed by atoms with van der Waals surface area (Å²) in [6.07, 6.45) is 0. The third-order valence-corrected chi connectivity index (χ3v) is 3.25. The van der Waals surface area contributed by atoms with Gasteiger partial charge in [-0.05, 0) is 30.7 Å². The summed E-state index contributed by atoms with van der Waals surface area (Å²) in [5, 5.41) is 14.2. The zero-order valence-electron chi connectivity index (χ0n) is 11.7. The molecule has 0 aliphatic heterocycles. The summed E-state index contributed by atoms with van der Waals surface area (Å²) in [7, 11) is 0. The van der Waals surface area contributed by atoms with Crippen LogP contribution >= 0.6 is 0 Å². The number of hydrogen-bond donors (Lipinski definition) is 2. The second-order valence-corrected chi connectivity index (χ2v) is 4.64. The Morgan fingerprint density at radius 1 is 1.30 bits per heavy atom. The van der Waals surface area contributed by atoms with Crippen molar-refractivity contribution in [3.63, 3.8) is 0 Å². The summed E-state index contributed by atoms with van der Waals surface area (Å²) < 4.78 is 5.65. The molecule has 0 spiro atoms. The maximum Gasteiger partial charge on any atom is 0.320 e. The molecular weight excluding hydrogens is 254 g/mol. The summed E-state index contributed by atoms with van der Waals surface area (Å²) in [6, 6.07) is 11.4. The van der Waals surface area contributed by atoms with Gasteiger partial charge in [-0.2, -0.15) is 0 Å². The highest BCUT2D eigenvalue weighted by atomic mass is 16.5. The van der Waals surface area contributed by atoms with Crippen molar-refractivity contribution >= 4 is 16.7 Å². The number of benzene rings is 2. The Hall–Kier alpha value is -2.07. The lowest BCUT2D eigenvalue weighted by Gasteiger charge is -2.15. The van der Waals surface area contributed by atoms with E-state index in [9.17, 15) is 4.79 Å². The van der Waals surface area contributed by atoms with Gasteiger partial charge in [0, 0.05) is 12.1 Å². The monoisotopic (exact) mass is 273 g/mol. The van der Waals surface area contributed by atoms with Crippen LogP contribution in [0, 0.1) is 0 Å². The van der Waals surface area contributed by atoms with E-state index < -0.39 is 12.0 Å². The lowest BCUT2D eigenvalue weighted by atomic mass is 10.0. The van der Waals surface area contributed by atoms with Crippen LogP contribution in [0.1, 0.15) is 19.4 Å². The molecule has 0 radical (unpaired) electrons. The van der Waals surface area contributed by atoms with Gasteiger partial charge in [-0.15, -0.1) is 0 Å². The van der Waals surface area contributed by atoms with E-state index in [-0.39, 0.29) is 0 Å². The van der Waals surface area contributed by atoms with Crippen molar-refractivity contribution in [1.82, 2.24) is 5.32 Å². The van der Waals surface area contributed by atoms with Gasteiger partial charge in [0.1, 0.15) is 11.8 Å². The number of nitrogens with one attached hydrogen (secondary N) is 1. The molecule has 1 atom stereocenters. The van der Waals surface area contributed by atoms with Gasteiger partial charge in [0.15, 0.2) is 0 Å². The molecule has 2 aromatic rings. The number of rotatable bonds is 6. The Kier molecular flexibility index (Phi) is 4.58. The molecule has 0 saturated carbocycles. The van der Waals surface area contributed by atoms with Gasteiger partial charge in [-0.1, -0.05) is 30.3 Å². The van der Waals surface area contributed by atoms with Gasteiger partial charge < -0.3 is 15.2 Å². The lowest BCUT2D eigenvalue weighted by molar-refractivity contribution is -0.139. The Bertz CT molecular complexity index is 610. The first-order chi connectivity index (χ1) is 9.63. The average Bonchev–Trinajstić information content (AvgIpc) is 2.45. The van der Waals surface area contributed by atoms with Gasteiger partial charge in [-0.25, -0.2) is 0 Å². The molecule has 0 amide bonds. The molecule has 2 rings (SSSR count). The molecular formula is C16H19NO3. The highest BCUT2D eigenvalue weighted by Gasteiger charge is 2.13. The molecule has 2 aromatic carbocycles. The fourth-order valence-electron chi connectivity index (χ4n) is 2.13. The van der Waals surface area contributed by atoms with Crippen LogP contribution < -0.4 is 10.1 Å². The van der Waals surface area contributed by atoms with Gasteiger partial charge >= 0.3 is 5.97 Å². The number of aliphatic carboxylic acids is 1. The molecule has 0 heterocycles. The van der Waals surface area contributed by atoms with Crippen molar-refractivity contribution < 1.29 is 14.6 Å². The molecule has 20 heavy (non-hydrogen) atoms. The van der Waals surface area contributed by atoms with E-state index in [2.05, 4.69) is 5.32 Å². The minimum Gasteiger partial charge on any atom is -0.494 e. The smallest absolute Gasteiger partial charge is 0.320 e. The summed E-state index contributed by atoms with van der Waals surface area (Å²) >= 11 is 0. The van der Waals surface area contributed by atoms with Gasteiger partial charge in [0.05, 0.1) is 6.61 Å². The molecule has 106 valence electrons. The topological polar surface area (TPSA) is 58.6 Å². The number of carbonyl (C=O) groups is 1. The van der Waals surface area contributed by atoms with Gasteiger partial charge in [-0.3, -0.25) is 4.79 Å². The SMILES string of the molecule is CCOc1ccc2ccccc2c1CN[C@H](C)C(=O)O. The van der Waals surface area contributed by atoms with E-state index >= 15 is 0 Å². The van der Waals surface area contributed by atoms with Crippen LogP contribution in [0.2, 0.25) is 0 Å². The predicted octanol–water partition coefficient (Wildman–Crippen LogP) is 2.80. The van der Waals surface area contributed by atoms with Gasteiger partial charge in [0.25, 0.3) is 0 Å². The first-order valence-corrected chi connectivity index (χ1v) is 6.73. The zero-order chi connectivity index (χ0) is 14.5. The van der Waals surface area contributed by atoms with Crippen LogP contribution in [0.15, 0.2) is 36.4 Å². The molecule has 0 aromatic heterocycles. The summed E-state index contributed by atoms with van der Waals surface area (Å²) in [6.45, 7) is 4.62. The number of fused-ring (bicyclic) bond motifs is 1. The standard InChI is InChI=1S/C16H19NO3/c1-3-20-15-9-8-12-6-4-5-7-13(12)14(15)10-17-11(2)16(18)19/h4-9,11,17H,3,10H2,1-2H3,(H,18,19)/t11-/m1/s1. The van der Waals surface area contributed by atoms with E-state index in [0.717, 1.165) is 22.1 Å². The molecule has 0 bridgehead atoms. The maximum absolute atomic E-state index is 10.9. The third kappa shape index (κ3) is 3.08. The molecule has 0 aliphatic carbocycles. The quantitative estimate of drug-likeness (QED) is 0.849. The first kappa shape index (κ1) is 14.3. The van der Waals surface area contributed by atoms with E-state index in [4.69, 9.17) is 9.84 Å². The molecule has 0 saturated heterocycles. The van der Waals surface area contributed by atoms with Crippen LogP contribution in [-0.4, -0.2) is 23.7 Å². The minimum atomic E-state index is -0.858. The summed E-state index contributed by atoms with van der Waals surface area (Å²) in [5.74, 6) is -0.0560. The fourth-order valence-corrected chi connectivity index (χ4v) is 2.13. The Balaban J connectivity index is 2.36. The van der Waals surface area contributed by atoms with Crippen molar-refractivity contribution in [3.05, 3.63) is 42.0 Å². The molecule has 2 N–H and O–H groups in total. The second kappa shape index (κ2) is 6.39. The third-order valence-electron chi connectivity index (χ3n) is 3.25. The number of carboxylic acid groups (broad SMARTS) is 1. The van der Waals surface area contributed by atoms with E-state index in [1.807, 2.05) is 43.3 Å². The van der Waals surface area contributed by atoms with Crippen molar-refractivity contribution in [2.75, 3.05) is 6.61 Å². The molecule has 4 nitrogen and oxygen atoms in total. The van der Waals surface area contributed by atoms with Crippen molar-refractivity contribution in [2.45, 2.75) is 26.4 Å². The minimum absolute atomic E-state index is 0.462. The highest BCUT2D eigenvalue weighted by molar-refractivity contribution is 5.87. The number of hydrogen-bond acceptors (Lipinski definition) is 3. The summed E-state index contributed by atoms with van der Waals surface area (Å²) in [5.41, 5.74) is 0.998. The Morgan fingerprint density at radius 2 is 2.05 bits per heavy atom. The highest BCUT2D eigenvalue weighted by Crippen LogP contribution is 2.28. The zero-order valence-corrected chi connectivity index (χ0v) is 11.7. The summed E-state index contributed by atoms with van der Waals surface area (Å²) in [4.78, 5) is 10.9. The van der Waals surface area contributed by atoms with Crippen molar-refractivity contribution in [3.8, 4) is 5.75 Å². The van der Waals surface area contributed by atoms with Crippen LogP contribution in [0.3, 0.4) is 0 Å². The lowest BCUT2D eigenvalue weighted by Crippen LogP contribution is -2.33. The first-order valence-electron chi connectivity index (χ1n) is 6.73. The largest absolute Gasteiger partial charge is 0.494 e. The predicted molar refractivity (Wildman–Crippen MR) is 79.1 cm³/mol. The number of ether oxygens (including phenoxy) is 1. The normalized spacial score (nSPS) is 12.3. The fraction of sp³-hybridized carbons (Fsp3) is 0.312. The van der Waals surface area contributed by atoms with E-state index in [0.29, 0.717) is 13.2 Å². The Labute approximate surface area is 118 Å². The maximum atomic E-state index is 10.9. The average molecular weight is 273 g/mol. The van der Waals surface area contributed by atoms with Crippen LogP contribution in [-0.2, 0) is 11.3 Å². The van der Waals surface area contributed by atoms with E-state index in [1.54, 1.807) is 6.92 Å². The number of carboxylic acids is 1. The molecule has 4 heteroatoms. The van der Waals surface area contributed by atoms with Crippen molar-refractivity contribution in [2.24, 2.45) is 0 Å². The van der Waals surface area contributed by atoms with Crippen molar-refractivity contribution in [1.29, 1.82) is 0 Å².